The second kappa shape index (κ2) is 8.32. The van der Waals surface area contributed by atoms with Gasteiger partial charge in [0.2, 0.25) is 0 Å². The normalized spacial score (nSPS) is 10.4. The molecule has 0 saturated heterocycles. The summed E-state index contributed by atoms with van der Waals surface area (Å²) in [4.78, 5) is 0. The standard InChI is InChI=1S/C18H23NO2/c1-15-3-7-17(8-4-15)20-13-11-19-12-14-21-18-9-5-16(2)6-10-18/h3-10,19H,11-14H2,1-2H3. The van der Waals surface area contributed by atoms with E-state index in [1.165, 1.54) is 11.1 Å². The van der Waals surface area contributed by atoms with Crippen molar-refractivity contribution in [2.45, 2.75) is 13.8 Å². The Labute approximate surface area is 126 Å². The summed E-state index contributed by atoms with van der Waals surface area (Å²) >= 11 is 0. The van der Waals surface area contributed by atoms with Crippen LogP contribution < -0.4 is 14.8 Å². The molecule has 3 nitrogen and oxygen atoms in total. The number of benzene rings is 2. The highest BCUT2D eigenvalue weighted by molar-refractivity contribution is 5.26. The van der Waals surface area contributed by atoms with E-state index in [1.54, 1.807) is 0 Å². The molecule has 112 valence electrons. The summed E-state index contributed by atoms with van der Waals surface area (Å²) in [5, 5.41) is 3.30. The predicted molar refractivity (Wildman–Crippen MR) is 86.2 cm³/mol. The monoisotopic (exact) mass is 285 g/mol. The Morgan fingerprint density at radius 3 is 1.43 bits per heavy atom. The highest BCUT2D eigenvalue weighted by atomic mass is 16.5. The van der Waals surface area contributed by atoms with Crippen molar-refractivity contribution in [1.29, 1.82) is 0 Å². The molecule has 0 aromatic heterocycles. The first-order valence-corrected chi connectivity index (χ1v) is 7.34. The molecule has 0 aliphatic carbocycles. The van der Waals surface area contributed by atoms with Gasteiger partial charge in [0.15, 0.2) is 0 Å². The van der Waals surface area contributed by atoms with Gasteiger partial charge in [-0.2, -0.15) is 0 Å². The molecule has 0 aliphatic rings. The van der Waals surface area contributed by atoms with Gasteiger partial charge in [-0.1, -0.05) is 35.4 Å². The minimum atomic E-state index is 0.660. The van der Waals surface area contributed by atoms with Crippen LogP contribution in [-0.4, -0.2) is 26.3 Å². The van der Waals surface area contributed by atoms with Gasteiger partial charge in [-0.25, -0.2) is 0 Å². The maximum Gasteiger partial charge on any atom is 0.119 e. The predicted octanol–water partition coefficient (Wildman–Crippen LogP) is 3.35. The molecule has 2 aromatic rings. The Bertz CT molecular complexity index is 470. The Balaban J connectivity index is 1.52. The summed E-state index contributed by atoms with van der Waals surface area (Å²) in [5.74, 6) is 1.83. The van der Waals surface area contributed by atoms with Gasteiger partial charge in [0.05, 0.1) is 0 Å². The zero-order valence-corrected chi connectivity index (χ0v) is 12.8. The van der Waals surface area contributed by atoms with Crippen LogP contribution in [0.2, 0.25) is 0 Å². The first-order valence-electron chi connectivity index (χ1n) is 7.34. The first-order chi connectivity index (χ1) is 10.2. The van der Waals surface area contributed by atoms with Crippen molar-refractivity contribution in [2.75, 3.05) is 26.3 Å². The molecule has 2 rings (SSSR count). The van der Waals surface area contributed by atoms with Crippen molar-refractivity contribution in [1.82, 2.24) is 5.32 Å². The van der Waals surface area contributed by atoms with Gasteiger partial charge in [-0.05, 0) is 38.1 Å². The lowest BCUT2D eigenvalue weighted by molar-refractivity contribution is 0.289. The fourth-order valence-electron chi connectivity index (χ4n) is 1.88. The van der Waals surface area contributed by atoms with Gasteiger partial charge in [-0.3, -0.25) is 0 Å². The third-order valence-corrected chi connectivity index (χ3v) is 3.14. The summed E-state index contributed by atoms with van der Waals surface area (Å²) in [6.45, 7) is 7.08. The zero-order valence-electron chi connectivity index (χ0n) is 12.8. The minimum Gasteiger partial charge on any atom is -0.492 e. The van der Waals surface area contributed by atoms with E-state index >= 15 is 0 Å². The minimum absolute atomic E-state index is 0.660. The quantitative estimate of drug-likeness (QED) is 0.755. The van der Waals surface area contributed by atoms with E-state index in [1.807, 2.05) is 24.3 Å². The van der Waals surface area contributed by atoms with Crippen LogP contribution in [0.15, 0.2) is 48.5 Å². The third kappa shape index (κ3) is 5.88. The van der Waals surface area contributed by atoms with Gasteiger partial charge in [-0.15, -0.1) is 0 Å². The third-order valence-electron chi connectivity index (χ3n) is 3.14. The van der Waals surface area contributed by atoms with Crippen LogP contribution in [0.3, 0.4) is 0 Å². The molecule has 0 unspecified atom stereocenters. The lowest BCUT2D eigenvalue weighted by atomic mass is 10.2. The number of rotatable bonds is 8. The largest absolute Gasteiger partial charge is 0.492 e. The average Bonchev–Trinajstić information content (AvgIpc) is 2.50. The number of ether oxygens (including phenoxy) is 2. The number of nitrogens with one attached hydrogen (secondary N) is 1. The maximum atomic E-state index is 5.64. The molecule has 0 fully saturated rings. The highest BCUT2D eigenvalue weighted by Crippen LogP contribution is 2.11. The number of hydrogen-bond acceptors (Lipinski definition) is 3. The molecule has 0 bridgehead atoms. The topological polar surface area (TPSA) is 30.5 Å². The maximum absolute atomic E-state index is 5.64. The second-order valence-corrected chi connectivity index (χ2v) is 5.07. The Morgan fingerprint density at radius 2 is 1.05 bits per heavy atom. The molecule has 0 aliphatic heterocycles. The van der Waals surface area contributed by atoms with Crippen LogP contribution in [0, 0.1) is 13.8 Å². The van der Waals surface area contributed by atoms with Crippen LogP contribution in [-0.2, 0) is 0 Å². The Morgan fingerprint density at radius 1 is 0.667 bits per heavy atom. The molecule has 0 radical (unpaired) electrons. The van der Waals surface area contributed by atoms with Gasteiger partial charge in [0, 0.05) is 13.1 Å². The second-order valence-electron chi connectivity index (χ2n) is 5.07. The van der Waals surface area contributed by atoms with Crippen molar-refractivity contribution in [3.05, 3.63) is 59.7 Å². The van der Waals surface area contributed by atoms with Crippen LogP contribution in [0.5, 0.6) is 11.5 Å². The molecule has 3 heteroatoms. The zero-order chi connectivity index (χ0) is 14.9. The Hall–Kier alpha value is -2.00. The molecule has 2 aromatic carbocycles. The van der Waals surface area contributed by atoms with Crippen molar-refractivity contribution >= 4 is 0 Å². The van der Waals surface area contributed by atoms with Gasteiger partial charge >= 0.3 is 0 Å². The van der Waals surface area contributed by atoms with Crippen molar-refractivity contribution in [2.24, 2.45) is 0 Å². The summed E-state index contributed by atoms with van der Waals surface area (Å²) in [7, 11) is 0. The van der Waals surface area contributed by atoms with Crippen LogP contribution >= 0.6 is 0 Å². The molecule has 0 heterocycles. The first kappa shape index (κ1) is 15.4. The lowest BCUT2D eigenvalue weighted by Crippen LogP contribution is -2.25. The van der Waals surface area contributed by atoms with E-state index in [9.17, 15) is 0 Å². The van der Waals surface area contributed by atoms with Gasteiger partial charge < -0.3 is 14.8 Å². The van der Waals surface area contributed by atoms with Crippen LogP contribution in [0.4, 0.5) is 0 Å². The fraction of sp³-hybridized carbons (Fsp3) is 0.333. The van der Waals surface area contributed by atoms with E-state index in [-0.39, 0.29) is 0 Å². The molecule has 21 heavy (non-hydrogen) atoms. The van der Waals surface area contributed by atoms with Crippen molar-refractivity contribution in [3.8, 4) is 11.5 Å². The number of aryl methyl sites for hydroxylation is 2. The summed E-state index contributed by atoms with van der Waals surface area (Å²) in [6, 6.07) is 16.2. The summed E-state index contributed by atoms with van der Waals surface area (Å²) < 4.78 is 11.3. The lowest BCUT2D eigenvalue weighted by Gasteiger charge is -2.09. The molecular weight excluding hydrogens is 262 g/mol. The van der Waals surface area contributed by atoms with Gasteiger partial charge in [0.25, 0.3) is 0 Å². The van der Waals surface area contributed by atoms with Crippen molar-refractivity contribution in [3.63, 3.8) is 0 Å². The Kier molecular flexibility index (Phi) is 6.10. The fourth-order valence-corrected chi connectivity index (χ4v) is 1.88. The SMILES string of the molecule is Cc1ccc(OCCNCCOc2ccc(C)cc2)cc1. The summed E-state index contributed by atoms with van der Waals surface area (Å²) in [5.41, 5.74) is 2.49. The molecule has 1 N–H and O–H groups in total. The van der Waals surface area contributed by atoms with Gasteiger partial charge in [0.1, 0.15) is 24.7 Å². The van der Waals surface area contributed by atoms with Crippen LogP contribution in [0.1, 0.15) is 11.1 Å². The van der Waals surface area contributed by atoms with E-state index in [0.29, 0.717) is 13.2 Å². The molecular formula is C18H23NO2. The van der Waals surface area contributed by atoms with Crippen LogP contribution in [0.25, 0.3) is 0 Å². The number of hydrogen-bond donors (Lipinski definition) is 1. The van der Waals surface area contributed by atoms with E-state index in [4.69, 9.17) is 9.47 Å². The van der Waals surface area contributed by atoms with E-state index in [0.717, 1.165) is 24.6 Å². The van der Waals surface area contributed by atoms with Crippen molar-refractivity contribution < 1.29 is 9.47 Å². The highest BCUT2D eigenvalue weighted by Gasteiger charge is 1.95. The molecule has 0 amide bonds. The smallest absolute Gasteiger partial charge is 0.119 e. The molecule has 0 spiro atoms. The average molecular weight is 285 g/mol. The molecule has 0 atom stereocenters. The van der Waals surface area contributed by atoms with E-state index < -0.39 is 0 Å². The summed E-state index contributed by atoms with van der Waals surface area (Å²) in [6.07, 6.45) is 0. The van der Waals surface area contributed by atoms with E-state index in [2.05, 4.69) is 43.4 Å². The molecule has 0 saturated carbocycles.